The predicted octanol–water partition coefficient (Wildman–Crippen LogP) is 1.93. The van der Waals surface area contributed by atoms with Gasteiger partial charge >= 0.3 is 0 Å². The molecule has 0 unspecified atom stereocenters. The Hall–Kier alpha value is -1.20. The number of aromatic nitrogens is 2. The summed E-state index contributed by atoms with van der Waals surface area (Å²) < 4.78 is 13.5. The van der Waals surface area contributed by atoms with Crippen molar-refractivity contribution in [3.05, 3.63) is 30.6 Å². The number of nitrogens with one attached hydrogen (secondary N) is 1. The van der Waals surface area contributed by atoms with E-state index in [1.54, 1.807) is 0 Å². The second-order valence-corrected chi connectivity index (χ2v) is 7.05. The Morgan fingerprint density at radius 1 is 1.30 bits per heavy atom. The number of hydrogen-bond acceptors (Lipinski definition) is 3. The molecule has 0 aliphatic carbocycles. The lowest BCUT2D eigenvalue weighted by molar-refractivity contribution is 0.460. The van der Waals surface area contributed by atoms with Crippen molar-refractivity contribution >= 4 is 21.8 Å². The van der Waals surface area contributed by atoms with Gasteiger partial charge in [0.2, 0.25) is 0 Å². The van der Waals surface area contributed by atoms with Gasteiger partial charge in [0.25, 0.3) is 0 Å². The molecule has 0 radical (unpaired) electrons. The van der Waals surface area contributed by atoms with Crippen molar-refractivity contribution in [1.29, 1.82) is 0 Å². The third kappa shape index (κ3) is 3.27. The molecule has 20 heavy (non-hydrogen) atoms. The molecule has 4 nitrogen and oxygen atoms in total. The van der Waals surface area contributed by atoms with Crippen LogP contribution in [0.5, 0.6) is 0 Å². The highest BCUT2D eigenvalue weighted by Crippen LogP contribution is 2.12. The fourth-order valence-electron chi connectivity index (χ4n) is 2.74. The van der Waals surface area contributed by atoms with Crippen molar-refractivity contribution in [1.82, 2.24) is 14.9 Å². The Morgan fingerprint density at radius 2 is 2.10 bits per heavy atom. The lowest BCUT2D eigenvalue weighted by atomic mass is 10.1. The molecule has 1 aliphatic rings. The van der Waals surface area contributed by atoms with Crippen LogP contribution in [0.1, 0.15) is 19.3 Å². The summed E-state index contributed by atoms with van der Waals surface area (Å²) in [6.07, 6.45) is 5.13. The van der Waals surface area contributed by atoms with E-state index in [1.807, 2.05) is 18.5 Å². The van der Waals surface area contributed by atoms with E-state index < -0.39 is 10.8 Å². The Bertz CT molecular complexity index is 586. The normalized spacial score (nSPS) is 23.2. The van der Waals surface area contributed by atoms with Crippen LogP contribution in [0.4, 0.5) is 0 Å². The van der Waals surface area contributed by atoms with Crippen molar-refractivity contribution < 1.29 is 4.21 Å². The van der Waals surface area contributed by atoms with Gasteiger partial charge in [-0.3, -0.25) is 4.21 Å². The van der Waals surface area contributed by atoms with Crippen LogP contribution in [0.25, 0.3) is 11.0 Å². The standard InChI is InChI=1S/C15H21N3OS/c19-20-10-6-13(7-11-20)16-8-3-9-18-12-17-14-4-1-2-5-15(14)18/h1-2,4-5,12-13,16H,3,6-11H2. The maximum absolute atomic E-state index is 11.3. The quantitative estimate of drug-likeness (QED) is 0.856. The Kier molecular flexibility index (Phi) is 4.47. The van der Waals surface area contributed by atoms with Gasteiger partial charge in [0.05, 0.1) is 17.4 Å². The zero-order chi connectivity index (χ0) is 13.8. The smallest absolute Gasteiger partial charge is 0.0958 e. The highest BCUT2D eigenvalue weighted by atomic mass is 32.2. The maximum atomic E-state index is 11.3. The molecular weight excluding hydrogens is 270 g/mol. The highest BCUT2D eigenvalue weighted by molar-refractivity contribution is 7.85. The van der Waals surface area contributed by atoms with Gasteiger partial charge in [-0.2, -0.15) is 0 Å². The lowest BCUT2D eigenvalue weighted by Gasteiger charge is -2.22. The number of benzene rings is 1. The summed E-state index contributed by atoms with van der Waals surface area (Å²) in [5.74, 6) is 1.73. The van der Waals surface area contributed by atoms with Gasteiger partial charge in [0.1, 0.15) is 0 Å². The average Bonchev–Trinajstić information content (AvgIpc) is 2.89. The zero-order valence-electron chi connectivity index (χ0n) is 11.6. The molecule has 1 N–H and O–H groups in total. The summed E-state index contributed by atoms with van der Waals surface area (Å²) >= 11 is 0. The topological polar surface area (TPSA) is 46.9 Å². The molecular formula is C15H21N3OS. The van der Waals surface area contributed by atoms with Crippen molar-refractivity contribution in [2.24, 2.45) is 0 Å². The number of nitrogens with zero attached hydrogens (tertiary/aromatic N) is 2. The molecule has 3 rings (SSSR count). The number of imidazole rings is 1. The third-order valence-corrected chi connectivity index (χ3v) is 5.31. The van der Waals surface area contributed by atoms with Crippen LogP contribution >= 0.6 is 0 Å². The van der Waals surface area contributed by atoms with Gasteiger partial charge in [0, 0.05) is 34.9 Å². The molecule has 1 aromatic heterocycles. The fraction of sp³-hybridized carbons (Fsp3) is 0.533. The summed E-state index contributed by atoms with van der Waals surface area (Å²) in [5, 5.41) is 3.58. The molecule has 1 aliphatic heterocycles. The number of hydrogen-bond donors (Lipinski definition) is 1. The summed E-state index contributed by atoms with van der Waals surface area (Å²) in [5.41, 5.74) is 2.27. The molecule has 1 saturated heterocycles. The highest BCUT2D eigenvalue weighted by Gasteiger charge is 2.16. The van der Waals surface area contributed by atoms with Crippen LogP contribution < -0.4 is 5.32 Å². The minimum Gasteiger partial charge on any atom is -0.331 e. The first-order valence-corrected chi connectivity index (χ1v) is 8.80. The fourth-order valence-corrected chi connectivity index (χ4v) is 4.04. The molecule has 0 amide bonds. The number of rotatable bonds is 5. The van der Waals surface area contributed by atoms with Gasteiger partial charge in [0.15, 0.2) is 0 Å². The molecule has 0 atom stereocenters. The SMILES string of the molecule is O=S1CCC(NCCCn2cnc3ccccc32)CC1. The first-order chi connectivity index (χ1) is 9.83. The lowest BCUT2D eigenvalue weighted by Crippen LogP contribution is -2.36. The Morgan fingerprint density at radius 3 is 2.95 bits per heavy atom. The molecule has 2 aromatic rings. The van der Waals surface area contributed by atoms with Crippen molar-refractivity contribution in [2.75, 3.05) is 18.1 Å². The van der Waals surface area contributed by atoms with Crippen LogP contribution in [0.15, 0.2) is 30.6 Å². The van der Waals surface area contributed by atoms with E-state index in [0.29, 0.717) is 6.04 Å². The van der Waals surface area contributed by atoms with Crippen LogP contribution in [0.3, 0.4) is 0 Å². The number of para-hydroxylation sites is 2. The van der Waals surface area contributed by atoms with Crippen molar-refractivity contribution in [3.8, 4) is 0 Å². The van der Waals surface area contributed by atoms with Crippen LogP contribution in [-0.2, 0) is 17.3 Å². The molecule has 108 valence electrons. The van der Waals surface area contributed by atoms with Crippen molar-refractivity contribution in [2.45, 2.75) is 31.8 Å². The Labute approximate surface area is 122 Å². The largest absolute Gasteiger partial charge is 0.331 e. The minimum atomic E-state index is -0.561. The van der Waals surface area contributed by atoms with Gasteiger partial charge in [-0.15, -0.1) is 0 Å². The van der Waals surface area contributed by atoms with E-state index in [2.05, 4.69) is 27.0 Å². The molecule has 2 heterocycles. The molecule has 1 aromatic carbocycles. The average molecular weight is 291 g/mol. The predicted molar refractivity (Wildman–Crippen MR) is 83.3 cm³/mol. The number of aryl methyl sites for hydroxylation is 1. The molecule has 5 heteroatoms. The minimum absolute atomic E-state index is 0.561. The van der Waals surface area contributed by atoms with Gasteiger partial charge < -0.3 is 9.88 Å². The zero-order valence-corrected chi connectivity index (χ0v) is 12.4. The van der Waals surface area contributed by atoms with E-state index in [9.17, 15) is 4.21 Å². The van der Waals surface area contributed by atoms with Gasteiger partial charge in [-0.05, 0) is 37.9 Å². The molecule has 0 bridgehead atoms. The van der Waals surface area contributed by atoms with E-state index >= 15 is 0 Å². The number of fused-ring (bicyclic) bond motifs is 1. The van der Waals surface area contributed by atoms with E-state index in [4.69, 9.17) is 0 Å². The van der Waals surface area contributed by atoms with Crippen molar-refractivity contribution in [3.63, 3.8) is 0 Å². The summed E-state index contributed by atoms with van der Waals surface area (Å²) in [6, 6.07) is 8.81. The summed E-state index contributed by atoms with van der Waals surface area (Å²) in [7, 11) is -0.561. The van der Waals surface area contributed by atoms with E-state index in [1.165, 1.54) is 5.52 Å². The molecule has 1 fully saturated rings. The maximum Gasteiger partial charge on any atom is 0.0958 e. The van der Waals surface area contributed by atoms with Crippen LogP contribution in [0.2, 0.25) is 0 Å². The van der Waals surface area contributed by atoms with E-state index in [-0.39, 0.29) is 0 Å². The second-order valence-electron chi connectivity index (χ2n) is 5.36. The molecule has 0 saturated carbocycles. The molecule has 0 spiro atoms. The van der Waals surface area contributed by atoms with Crippen LogP contribution in [-0.4, -0.2) is 37.9 Å². The second kappa shape index (κ2) is 6.50. The van der Waals surface area contributed by atoms with E-state index in [0.717, 1.165) is 49.4 Å². The monoisotopic (exact) mass is 291 g/mol. The summed E-state index contributed by atoms with van der Waals surface area (Å²) in [4.78, 5) is 4.40. The third-order valence-electron chi connectivity index (χ3n) is 3.92. The van der Waals surface area contributed by atoms with Gasteiger partial charge in [-0.25, -0.2) is 4.98 Å². The Balaban J connectivity index is 1.45. The summed E-state index contributed by atoms with van der Waals surface area (Å²) in [6.45, 7) is 2.01. The first-order valence-electron chi connectivity index (χ1n) is 7.31. The van der Waals surface area contributed by atoms with Gasteiger partial charge in [-0.1, -0.05) is 12.1 Å². The van der Waals surface area contributed by atoms with Crippen LogP contribution in [0, 0.1) is 0 Å². The first kappa shape index (κ1) is 13.8.